The van der Waals surface area contributed by atoms with Crippen LogP contribution in [-0.4, -0.2) is 17.6 Å². The van der Waals surface area contributed by atoms with Crippen LogP contribution in [0.4, 0.5) is 0 Å². The molecule has 1 heterocycles. The van der Waals surface area contributed by atoms with Gasteiger partial charge in [0.25, 0.3) is 0 Å². The van der Waals surface area contributed by atoms with Gasteiger partial charge in [0, 0.05) is 16.6 Å². The van der Waals surface area contributed by atoms with E-state index in [2.05, 4.69) is 13.0 Å². The Morgan fingerprint density at radius 2 is 2.10 bits per heavy atom. The fourth-order valence-corrected chi connectivity index (χ4v) is 4.47. The summed E-state index contributed by atoms with van der Waals surface area (Å²) in [7, 11) is 0. The van der Waals surface area contributed by atoms with Crippen LogP contribution >= 0.6 is 11.8 Å². The fourth-order valence-electron chi connectivity index (χ4n) is 3.47. The number of ether oxygens (including phenoxy) is 1. The Morgan fingerprint density at radius 1 is 1.30 bits per heavy atom. The van der Waals surface area contributed by atoms with Crippen molar-refractivity contribution in [2.24, 2.45) is 11.8 Å². The Labute approximate surface area is 125 Å². The molecule has 3 atom stereocenters. The molecular weight excluding hydrogens is 268 g/mol. The third-order valence-corrected chi connectivity index (χ3v) is 5.74. The number of hydrogen-bond donors (Lipinski definition) is 0. The summed E-state index contributed by atoms with van der Waals surface area (Å²) in [6.07, 6.45) is 5.63. The zero-order valence-corrected chi connectivity index (χ0v) is 12.8. The van der Waals surface area contributed by atoms with Crippen molar-refractivity contribution in [3.63, 3.8) is 0 Å². The smallest absolute Gasteiger partial charge is 0.177 e. The minimum atomic E-state index is -0.243. The van der Waals surface area contributed by atoms with E-state index in [0.717, 1.165) is 29.2 Å². The quantitative estimate of drug-likeness (QED) is 0.829. The number of benzene rings is 1. The fraction of sp³-hybridized carbons (Fsp3) is 0.588. The number of Topliss-reactive ketones (excluding diaryl/α,β-unsaturated/α-hetero) is 1. The van der Waals surface area contributed by atoms with E-state index in [1.165, 1.54) is 19.3 Å². The van der Waals surface area contributed by atoms with Crippen LogP contribution in [0.15, 0.2) is 29.2 Å². The number of para-hydroxylation sites is 1. The molecule has 1 aliphatic carbocycles. The van der Waals surface area contributed by atoms with E-state index in [1.807, 2.05) is 18.2 Å². The zero-order chi connectivity index (χ0) is 13.9. The molecule has 20 heavy (non-hydrogen) atoms. The van der Waals surface area contributed by atoms with E-state index >= 15 is 0 Å². The number of carbonyl (C=O) groups excluding carboxylic acids is 1. The second kappa shape index (κ2) is 6.21. The summed E-state index contributed by atoms with van der Waals surface area (Å²) in [5.74, 6) is 2.79. The number of fused-ring (bicyclic) bond motifs is 1. The molecule has 0 aromatic heterocycles. The third kappa shape index (κ3) is 2.73. The van der Waals surface area contributed by atoms with E-state index in [4.69, 9.17) is 4.74 Å². The van der Waals surface area contributed by atoms with Crippen molar-refractivity contribution in [1.82, 2.24) is 0 Å². The number of carbonyl (C=O) groups is 1. The molecule has 108 valence electrons. The first-order chi connectivity index (χ1) is 9.79. The first-order valence-corrected chi connectivity index (χ1v) is 8.70. The molecule has 3 unspecified atom stereocenters. The molecule has 0 radical (unpaired) electrons. The van der Waals surface area contributed by atoms with Gasteiger partial charge in [0.05, 0.1) is 0 Å². The minimum Gasteiger partial charge on any atom is -0.481 e. The van der Waals surface area contributed by atoms with Crippen LogP contribution in [0, 0.1) is 11.8 Å². The molecule has 0 amide bonds. The molecule has 3 heteroatoms. The maximum absolute atomic E-state index is 12.8. The van der Waals surface area contributed by atoms with E-state index < -0.39 is 0 Å². The number of rotatable bonds is 3. The van der Waals surface area contributed by atoms with Crippen LogP contribution in [0.5, 0.6) is 5.75 Å². The molecule has 0 bridgehead atoms. The van der Waals surface area contributed by atoms with Gasteiger partial charge >= 0.3 is 0 Å². The maximum Gasteiger partial charge on any atom is 0.177 e. The van der Waals surface area contributed by atoms with Crippen LogP contribution in [0.25, 0.3) is 0 Å². The maximum atomic E-state index is 12.8. The molecule has 3 rings (SSSR count). The lowest BCUT2D eigenvalue weighted by molar-refractivity contribution is -0.132. The topological polar surface area (TPSA) is 26.3 Å². The molecular formula is C17H22O2S. The monoisotopic (exact) mass is 290 g/mol. The summed E-state index contributed by atoms with van der Waals surface area (Å²) in [6, 6.07) is 8.03. The van der Waals surface area contributed by atoms with Crippen LogP contribution in [0.1, 0.15) is 39.0 Å². The van der Waals surface area contributed by atoms with Gasteiger partial charge < -0.3 is 4.74 Å². The number of thioether (sulfide) groups is 1. The Balaban J connectivity index is 1.72. The second-order valence-electron chi connectivity index (χ2n) is 5.83. The average Bonchev–Trinajstić information content (AvgIpc) is 2.53. The molecule has 1 aromatic rings. The standard InChI is InChI=1S/C17H22O2S/c1-2-12-7-3-4-8-13(12)17(18)15-11-20-16-10-6-5-9-14(16)19-15/h5-6,9-10,12-13,15H,2-4,7-8,11H2,1H3. The number of hydrogen-bond acceptors (Lipinski definition) is 3. The van der Waals surface area contributed by atoms with Crippen molar-refractivity contribution in [1.29, 1.82) is 0 Å². The highest BCUT2D eigenvalue weighted by Gasteiger charge is 2.36. The normalized spacial score (nSPS) is 29.4. The molecule has 0 N–H and O–H groups in total. The van der Waals surface area contributed by atoms with E-state index in [0.29, 0.717) is 11.7 Å². The Hall–Kier alpha value is -0.960. The lowest BCUT2D eigenvalue weighted by atomic mass is 9.74. The van der Waals surface area contributed by atoms with Gasteiger partial charge in [0.2, 0.25) is 0 Å². The largest absolute Gasteiger partial charge is 0.481 e. The van der Waals surface area contributed by atoms with Gasteiger partial charge in [-0.1, -0.05) is 38.3 Å². The predicted octanol–water partition coefficient (Wildman–Crippen LogP) is 4.33. The van der Waals surface area contributed by atoms with E-state index in [-0.39, 0.29) is 12.0 Å². The van der Waals surface area contributed by atoms with Gasteiger partial charge in [-0.05, 0) is 30.9 Å². The molecule has 1 aromatic carbocycles. The SMILES string of the molecule is CCC1CCCCC1C(=O)C1CSc2ccccc2O1. The summed E-state index contributed by atoms with van der Waals surface area (Å²) in [4.78, 5) is 14.0. The highest BCUT2D eigenvalue weighted by Crippen LogP contribution is 2.39. The van der Waals surface area contributed by atoms with Crippen molar-refractivity contribution in [2.45, 2.75) is 50.0 Å². The molecule has 2 nitrogen and oxygen atoms in total. The minimum absolute atomic E-state index is 0.226. The second-order valence-corrected chi connectivity index (χ2v) is 6.89. The predicted molar refractivity (Wildman–Crippen MR) is 82.3 cm³/mol. The average molecular weight is 290 g/mol. The van der Waals surface area contributed by atoms with Crippen LogP contribution in [0.3, 0.4) is 0 Å². The molecule has 1 aliphatic heterocycles. The van der Waals surface area contributed by atoms with Crippen molar-refractivity contribution in [3.8, 4) is 5.75 Å². The van der Waals surface area contributed by atoms with Crippen LogP contribution in [-0.2, 0) is 4.79 Å². The zero-order valence-electron chi connectivity index (χ0n) is 12.0. The van der Waals surface area contributed by atoms with Gasteiger partial charge in [-0.3, -0.25) is 4.79 Å². The van der Waals surface area contributed by atoms with Crippen molar-refractivity contribution >= 4 is 17.5 Å². The van der Waals surface area contributed by atoms with Crippen molar-refractivity contribution < 1.29 is 9.53 Å². The Kier molecular flexibility index (Phi) is 4.35. The first kappa shape index (κ1) is 14.0. The molecule has 1 saturated carbocycles. The van der Waals surface area contributed by atoms with Crippen molar-refractivity contribution in [3.05, 3.63) is 24.3 Å². The Bertz CT molecular complexity index is 486. The van der Waals surface area contributed by atoms with Gasteiger partial charge in [-0.15, -0.1) is 11.8 Å². The highest BCUT2D eigenvalue weighted by atomic mass is 32.2. The molecule has 2 aliphatic rings. The molecule has 0 saturated heterocycles. The van der Waals surface area contributed by atoms with Gasteiger partial charge in [0.15, 0.2) is 11.9 Å². The van der Waals surface area contributed by atoms with Crippen LogP contribution < -0.4 is 4.74 Å². The summed E-state index contributed by atoms with van der Waals surface area (Å²) in [5, 5.41) is 0. The number of ketones is 1. The van der Waals surface area contributed by atoms with Crippen molar-refractivity contribution in [2.75, 3.05) is 5.75 Å². The molecule has 0 spiro atoms. The summed E-state index contributed by atoms with van der Waals surface area (Å²) in [6.45, 7) is 2.21. The lowest BCUT2D eigenvalue weighted by Gasteiger charge is -2.33. The highest BCUT2D eigenvalue weighted by molar-refractivity contribution is 7.99. The summed E-state index contributed by atoms with van der Waals surface area (Å²) in [5.41, 5.74) is 0. The van der Waals surface area contributed by atoms with E-state index in [1.54, 1.807) is 11.8 Å². The Morgan fingerprint density at radius 3 is 2.95 bits per heavy atom. The van der Waals surface area contributed by atoms with Gasteiger partial charge in [-0.2, -0.15) is 0 Å². The van der Waals surface area contributed by atoms with Gasteiger partial charge in [-0.25, -0.2) is 0 Å². The van der Waals surface area contributed by atoms with Gasteiger partial charge in [0.1, 0.15) is 5.75 Å². The molecule has 1 fully saturated rings. The summed E-state index contributed by atoms with van der Waals surface area (Å²) < 4.78 is 5.97. The van der Waals surface area contributed by atoms with E-state index in [9.17, 15) is 4.79 Å². The third-order valence-electron chi connectivity index (χ3n) is 4.62. The van der Waals surface area contributed by atoms with Crippen LogP contribution in [0.2, 0.25) is 0 Å². The summed E-state index contributed by atoms with van der Waals surface area (Å²) >= 11 is 1.75. The first-order valence-electron chi connectivity index (χ1n) is 7.71. The lowest BCUT2D eigenvalue weighted by Crippen LogP contribution is -2.40.